The summed E-state index contributed by atoms with van der Waals surface area (Å²) in [6.07, 6.45) is 1.78. The lowest BCUT2D eigenvalue weighted by Crippen LogP contribution is -2.10. The average molecular weight is 319 g/mol. The molecule has 0 fully saturated rings. The highest BCUT2D eigenvalue weighted by molar-refractivity contribution is 7.22. The smallest absolute Gasteiger partial charge is 0.181 e. The van der Waals surface area contributed by atoms with E-state index in [1.54, 1.807) is 6.20 Å². The van der Waals surface area contributed by atoms with Crippen LogP contribution >= 0.6 is 22.9 Å². The monoisotopic (exact) mass is 318 g/mol. The van der Waals surface area contributed by atoms with E-state index in [9.17, 15) is 0 Å². The number of rotatable bonds is 3. The maximum atomic E-state index is 6.13. The minimum Gasteiger partial charge on any atom is -0.380 e. The Kier molecular flexibility index (Phi) is 3.69. The molecule has 0 aliphatic rings. The highest BCUT2D eigenvalue weighted by atomic mass is 35.5. The van der Waals surface area contributed by atoms with Crippen molar-refractivity contribution in [2.24, 2.45) is 0 Å². The van der Waals surface area contributed by atoms with Crippen LogP contribution in [0.15, 0.2) is 30.5 Å². The molecule has 0 radical (unpaired) electrons. The minimum absolute atomic E-state index is 0.295. The third-order valence-electron chi connectivity index (χ3n) is 3.02. The number of hydrogen-bond acceptors (Lipinski definition) is 5. The topological polar surface area (TPSA) is 63.8 Å². The number of aromatic nitrogens is 2. The fourth-order valence-electron chi connectivity index (χ4n) is 2.14. The predicted octanol–water partition coefficient (Wildman–Crippen LogP) is 4.41. The van der Waals surface area contributed by atoms with Crippen LogP contribution in [0.1, 0.15) is 13.8 Å². The van der Waals surface area contributed by atoms with Crippen molar-refractivity contribution in [1.29, 1.82) is 0 Å². The molecule has 3 aromatic rings. The summed E-state index contributed by atoms with van der Waals surface area (Å²) in [6, 6.07) is 8.38. The SMILES string of the molecule is CC(C)Nc1cc(-c2ccc3nc(N)sc3c2)cnc1Cl. The Morgan fingerprint density at radius 3 is 2.81 bits per heavy atom. The fourth-order valence-corrected chi connectivity index (χ4v) is 3.07. The predicted molar refractivity (Wildman–Crippen MR) is 91.0 cm³/mol. The Balaban J connectivity index is 2.04. The third kappa shape index (κ3) is 2.94. The van der Waals surface area contributed by atoms with Gasteiger partial charge in [0.25, 0.3) is 0 Å². The number of pyridine rings is 1. The van der Waals surface area contributed by atoms with Gasteiger partial charge in [0, 0.05) is 17.8 Å². The molecule has 0 saturated heterocycles. The third-order valence-corrected chi connectivity index (χ3v) is 4.17. The normalized spacial score (nSPS) is 11.2. The molecular formula is C15H15ClN4S. The number of nitrogens with two attached hydrogens (primary N) is 1. The van der Waals surface area contributed by atoms with Crippen molar-refractivity contribution in [3.63, 3.8) is 0 Å². The van der Waals surface area contributed by atoms with E-state index in [0.717, 1.165) is 27.0 Å². The van der Waals surface area contributed by atoms with Crippen LogP contribution < -0.4 is 11.1 Å². The van der Waals surface area contributed by atoms with E-state index < -0.39 is 0 Å². The van der Waals surface area contributed by atoms with Gasteiger partial charge in [-0.05, 0) is 37.6 Å². The van der Waals surface area contributed by atoms with E-state index in [1.807, 2.05) is 18.2 Å². The van der Waals surface area contributed by atoms with Crippen molar-refractivity contribution in [1.82, 2.24) is 9.97 Å². The number of nitrogens with zero attached hydrogens (tertiary/aromatic N) is 2. The van der Waals surface area contributed by atoms with Gasteiger partial charge in [-0.2, -0.15) is 0 Å². The molecule has 0 aliphatic carbocycles. The van der Waals surface area contributed by atoms with E-state index in [-0.39, 0.29) is 0 Å². The first kappa shape index (κ1) is 14.1. The molecule has 0 unspecified atom stereocenters. The van der Waals surface area contributed by atoms with Gasteiger partial charge in [-0.25, -0.2) is 9.97 Å². The number of fused-ring (bicyclic) bond motifs is 1. The molecule has 0 bridgehead atoms. The first-order chi connectivity index (χ1) is 10.0. The molecule has 2 aromatic heterocycles. The van der Waals surface area contributed by atoms with Crippen LogP contribution in [0.3, 0.4) is 0 Å². The second-order valence-electron chi connectivity index (χ2n) is 5.10. The first-order valence-corrected chi connectivity index (χ1v) is 7.81. The highest BCUT2D eigenvalue weighted by Gasteiger charge is 2.08. The minimum atomic E-state index is 0.295. The van der Waals surface area contributed by atoms with Crippen molar-refractivity contribution in [3.8, 4) is 11.1 Å². The van der Waals surface area contributed by atoms with Gasteiger partial charge >= 0.3 is 0 Å². The molecule has 21 heavy (non-hydrogen) atoms. The second-order valence-corrected chi connectivity index (χ2v) is 6.52. The van der Waals surface area contributed by atoms with Crippen molar-refractivity contribution < 1.29 is 0 Å². The van der Waals surface area contributed by atoms with Crippen LogP contribution in [0.25, 0.3) is 21.3 Å². The standard InChI is InChI=1S/C15H15ClN4S/c1-8(2)19-12-5-10(7-18-14(12)16)9-3-4-11-13(6-9)21-15(17)20-11/h3-8,19H,1-2H3,(H2,17,20). The van der Waals surface area contributed by atoms with Crippen molar-refractivity contribution in [3.05, 3.63) is 35.6 Å². The zero-order chi connectivity index (χ0) is 15.0. The number of anilines is 2. The number of benzene rings is 1. The van der Waals surface area contributed by atoms with Gasteiger partial charge in [0.05, 0.1) is 15.9 Å². The summed E-state index contributed by atoms with van der Waals surface area (Å²) in [6.45, 7) is 4.13. The molecule has 1 aromatic carbocycles. The molecule has 3 N–H and O–H groups in total. The van der Waals surface area contributed by atoms with Gasteiger partial charge in [-0.1, -0.05) is 29.0 Å². The Labute approximate surface area is 132 Å². The van der Waals surface area contributed by atoms with Crippen molar-refractivity contribution in [2.45, 2.75) is 19.9 Å². The van der Waals surface area contributed by atoms with Gasteiger partial charge in [0.15, 0.2) is 10.3 Å². The number of thiazole rings is 1. The molecule has 108 valence electrons. The average Bonchev–Trinajstić information content (AvgIpc) is 2.79. The van der Waals surface area contributed by atoms with Gasteiger partial charge in [0.2, 0.25) is 0 Å². The first-order valence-electron chi connectivity index (χ1n) is 6.61. The summed E-state index contributed by atoms with van der Waals surface area (Å²) in [4.78, 5) is 8.53. The summed E-state index contributed by atoms with van der Waals surface area (Å²) >= 11 is 7.61. The molecule has 0 amide bonds. The highest BCUT2D eigenvalue weighted by Crippen LogP contribution is 2.31. The quantitative estimate of drug-likeness (QED) is 0.702. The molecule has 4 nitrogen and oxygen atoms in total. The molecule has 6 heteroatoms. The Morgan fingerprint density at radius 1 is 1.24 bits per heavy atom. The molecule has 0 aliphatic heterocycles. The lowest BCUT2D eigenvalue weighted by molar-refractivity contribution is 0.898. The van der Waals surface area contributed by atoms with Gasteiger partial charge in [-0.15, -0.1) is 0 Å². The van der Waals surface area contributed by atoms with Crippen LogP contribution in [0, 0.1) is 0 Å². The van der Waals surface area contributed by atoms with Gasteiger partial charge in [0.1, 0.15) is 0 Å². The van der Waals surface area contributed by atoms with E-state index in [2.05, 4.69) is 35.2 Å². The number of hydrogen-bond donors (Lipinski definition) is 2. The maximum absolute atomic E-state index is 6.13. The zero-order valence-corrected chi connectivity index (χ0v) is 13.3. The Bertz CT molecular complexity index is 797. The van der Waals surface area contributed by atoms with E-state index >= 15 is 0 Å². The number of nitrogen functional groups attached to an aromatic ring is 1. The van der Waals surface area contributed by atoms with Gasteiger partial charge in [-0.3, -0.25) is 0 Å². The van der Waals surface area contributed by atoms with E-state index in [0.29, 0.717) is 16.3 Å². The van der Waals surface area contributed by atoms with Crippen LogP contribution in [0.5, 0.6) is 0 Å². The molecule has 0 saturated carbocycles. The van der Waals surface area contributed by atoms with E-state index in [1.165, 1.54) is 11.3 Å². The van der Waals surface area contributed by atoms with E-state index in [4.69, 9.17) is 17.3 Å². The molecule has 0 atom stereocenters. The largest absolute Gasteiger partial charge is 0.380 e. The summed E-state index contributed by atoms with van der Waals surface area (Å²) in [7, 11) is 0. The number of nitrogens with one attached hydrogen (secondary N) is 1. The lowest BCUT2D eigenvalue weighted by Gasteiger charge is -2.12. The Hall–Kier alpha value is -1.85. The van der Waals surface area contributed by atoms with Crippen molar-refractivity contribution >= 4 is 44.0 Å². The van der Waals surface area contributed by atoms with Crippen LogP contribution in [-0.4, -0.2) is 16.0 Å². The molecule has 2 heterocycles. The summed E-state index contributed by atoms with van der Waals surface area (Å²) in [5.74, 6) is 0. The van der Waals surface area contributed by atoms with Crippen molar-refractivity contribution in [2.75, 3.05) is 11.1 Å². The summed E-state index contributed by atoms with van der Waals surface area (Å²) in [5.41, 5.74) is 9.59. The molecule has 3 rings (SSSR count). The zero-order valence-electron chi connectivity index (χ0n) is 11.7. The van der Waals surface area contributed by atoms with Crippen LogP contribution in [0.4, 0.5) is 10.8 Å². The molecular weight excluding hydrogens is 304 g/mol. The lowest BCUT2D eigenvalue weighted by atomic mass is 10.1. The maximum Gasteiger partial charge on any atom is 0.181 e. The summed E-state index contributed by atoms with van der Waals surface area (Å²) in [5, 5.41) is 4.36. The molecule has 0 spiro atoms. The summed E-state index contributed by atoms with van der Waals surface area (Å²) < 4.78 is 1.07. The van der Waals surface area contributed by atoms with Crippen LogP contribution in [0.2, 0.25) is 5.15 Å². The van der Waals surface area contributed by atoms with Crippen LogP contribution in [-0.2, 0) is 0 Å². The second kappa shape index (κ2) is 5.50. The Morgan fingerprint density at radius 2 is 2.05 bits per heavy atom. The van der Waals surface area contributed by atoms with Gasteiger partial charge < -0.3 is 11.1 Å². The number of halogens is 1. The fraction of sp³-hybridized carbons (Fsp3) is 0.200.